The topological polar surface area (TPSA) is 33.3 Å². The maximum absolute atomic E-state index is 5.20. The van der Waals surface area contributed by atoms with E-state index in [1.165, 1.54) is 0 Å². The Morgan fingerprint density at radius 3 is 2.69 bits per heavy atom. The first-order chi connectivity index (χ1) is 7.72. The van der Waals surface area contributed by atoms with Gasteiger partial charge in [-0.15, -0.1) is 0 Å². The molecule has 0 aliphatic rings. The van der Waals surface area contributed by atoms with Crippen molar-refractivity contribution in [1.82, 2.24) is 5.32 Å². The molecule has 1 atom stereocenters. The zero-order chi connectivity index (χ0) is 11.8. The van der Waals surface area contributed by atoms with E-state index in [0.29, 0.717) is 11.2 Å². The third-order valence-corrected chi connectivity index (χ3v) is 2.38. The fourth-order valence-corrected chi connectivity index (χ4v) is 1.60. The molecule has 4 heteroatoms. The smallest absolute Gasteiger partial charge is 0.170 e. The average molecular weight is 238 g/mol. The first-order valence-corrected chi connectivity index (χ1v) is 5.74. The summed E-state index contributed by atoms with van der Waals surface area (Å²) in [6, 6.07) is 10.2. The van der Waals surface area contributed by atoms with Crippen molar-refractivity contribution in [3.63, 3.8) is 0 Å². The minimum Gasteiger partial charge on any atom is -0.385 e. The van der Waals surface area contributed by atoms with E-state index >= 15 is 0 Å². The molecule has 0 amide bonds. The highest BCUT2D eigenvalue weighted by Crippen LogP contribution is 2.04. The summed E-state index contributed by atoms with van der Waals surface area (Å²) in [5, 5.41) is 6.98. The Bertz CT molecular complexity index is 316. The van der Waals surface area contributed by atoms with E-state index in [1.807, 2.05) is 30.3 Å². The number of benzene rings is 1. The van der Waals surface area contributed by atoms with E-state index in [2.05, 4.69) is 17.6 Å². The Morgan fingerprint density at radius 2 is 2.06 bits per heavy atom. The van der Waals surface area contributed by atoms with E-state index in [9.17, 15) is 0 Å². The quantitative estimate of drug-likeness (QED) is 0.772. The van der Waals surface area contributed by atoms with Gasteiger partial charge in [0.25, 0.3) is 0 Å². The zero-order valence-electron chi connectivity index (χ0n) is 9.69. The Balaban J connectivity index is 2.31. The van der Waals surface area contributed by atoms with Crippen LogP contribution in [0, 0.1) is 0 Å². The standard InChI is InChI=1S/C12H18N2OS/c1-10(8-9-15-2)13-12(16)14-11-6-4-3-5-7-11/h3-7,10H,8-9H2,1-2H3,(H2,13,14,16). The molecule has 16 heavy (non-hydrogen) atoms. The zero-order valence-corrected chi connectivity index (χ0v) is 10.5. The van der Waals surface area contributed by atoms with Crippen LogP contribution in [0.3, 0.4) is 0 Å². The van der Waals surface area contributed by atoms with Gasteiger partial charge in [0.15, 0.2) is 5.11 Å². The molecule has 0 saturated heterocycles. The summed E-state index contributed by atoms with van der Waals surface area (Å²) in [7, 11) is 1.70. The molecule has 0 fully saturated rings. The summed E-state index contributed by atoms with van der Waals surface area (Å²) >= 11 is 5.20. The highest BCUT2D eigenvalue weighted by Gasteiger charge is 2.03. The van der Waals surface area contributed by atoms with Crippen LogP contribution >= 0.6 is 12.2 Å². The first kappa shape index (κ1) is 12.9. The third-order valence-electron chi connectivity index (χ3n) is 2.16. The van der Waals surface area contributed by atoms with Gasteiger partial charge in [-0.25, -0.2) is 0 Å². The predicted octanol–water partition coefficient (Wildman–Crippen LogP) is 2.40. The molecule has 1 aromatic rings. The first-order valence-electron chi connectivity index (χ1n) is 5.34. The summed E-state index contributed by atoms with van der Waals surface area (Å²) in [6.45, 7) is 2.82. The van der Waals surface area contributed by atoms with Gasteiger partial charge in [-0.2, -0.15) is 0 Å². The van der Waals surface area contributed by atoms with E-state index in [4.69, 9.17) is 17.0 Å². The van der Waals surface area contributed by atoms with Gasteiger partial charge in [-0.05, 0) is 37.7 Å². The van der Waals surface area contributed by atoms with Crippen molar-refractivity contribution in [2.24, 2.45) is 0 Å². The second-order valence-electron chi connectivity index (χ2n) is 3.65. The molecule has 0 spiro atoms. The highest BCUT2D eigenvalue weighted by atomic mass is 32.1. The SMILES string of the molecule is COCCC(C)NC(=S)Nc1ccccc1. The van der Waals surface area contributed by atoms with Crippen LogP contribution in [0.5, 0.6) is 0 Å². The lowest BCUT2D eigenvalue weighted by Gasteiger charge is -2.16. The number of methoxy groups -OCH3 is 1. The number of para-hydroxylation sites is 1. The summed E-state index contributed by atoms with van der Waals surface area (Å²) < 4.78 is 5.01. The van der Waals surface area contributed by atoms with Crippen LogP contribution in [0.2, 0.25) is 0 Å². The number of hydrogen-bond acceptors (Lipinski definition) is 2. The summed E-state index contributed by atoms with van der Waals surface area (Å²) in [5.74, 6) is 0. The Labute approximate surface area is 102 Å². The monoisotopic (exact) mass is 238 g/mol. The van der Waals surface area contributed by atoms with Crippen molar-refractivity contribution in [3.8, 4) is 0 Å². The second-order valence-corrected chi connectivity index (χ2v) is 4.06. The molecule has 2 N–H and O–H groups in total. The molecule has 1 aromatic carbocycles. The van der Waals surface area contributed by atoms with Crippen LogP contribution in [0.4, 0.5) is 5.69 Å². The van der Waals surface area contributed by atoms with Crippen molar-refractivity contribution in [1.29, 1.82) is 0 Å². The molecule has 0 aliphatic heterocycles. The van der Waals surface area contributed by atoms with Crippen LogP contribution < -0.4 is 10.6 Å². The third kappa shape index (κ3) is 5.09. The average Bonchev–Trinajstić information content (AvgIpc) is 2.27. The molecule has 1 rings (SSSR count). The van der Waals surface area contributed by atoms with Crippen molar-refractivity contribution in [3.05, 3.63) is 30.3 Å². The van der Waals surface area contributed by atoms with E-state index in [0.717, 1.165) is 18.7 Å². The van der Waals surface area contributed by atoms with Crippen LogP contribution in [-0.2, 0) is 4.74 Å². The number of thiocarbonyl (C=S) groups is 1. The van der Waals surface area contributed by atoms with Gasteiger partial charge in [0, 0.05) is 25.4 Å². The van der Waals surface area contributed by atoms with Gasteiger partial charge < -0.3 is 15.4 Å². The van der Waals surface area contributed by atoms with Crippen molar-refractivity contribution >= 4 is 23.0 Å². The summed E-state index contributed by atoms with van der Waals surface area (Å²) in [4.78, 5) is 0. The largest absolute Gasteiger partial charge is 0.385 e. The van der Waals surface area contributed by atoms with Crippen molar-refractivity contribution in [2.45, 2.75) is 19.4 Å². The molecule has 0 radical (unpaired) electrons. The Hall–Kier alpha value is -1.13. The molecule has 0 saturated carbocycles. The lowest BCUT2D eigenvalue weighted by Crippen LogP contribution is -2.36. The normalized spacial score (nSPS) is 11.9. The van der Waals surface area contributed by atoms with Crippen LogP contribution in [0.15, 0.2) is 30.3 Å². The van der Waals surface area contributed by atoms with Crippen molar-refractivity contribution < 1.29 is 4.74 Å². The van der Waals surface area contributed by atoms with Gasteiger partial charge in [-0.1, -0.05) is 18.2 Å². The predicted molar refractivity (Wildman–Crippen MR) is 71.8 cm³/mol. The van der Waals surface area contributed by atoms with E-state index in [1.54, 1.807) is 7.11 Å². The van der Waals surface area contributed by atoms with Gasteiger partial charge >= 0.3 is 0 Å². The summed E-state index contributed by atoms with van der Waals surface area (Å²) in [5.41, 5.74) is 0.999. The van der Waals surface area contributed by atoms with Gasteiger partial charge in [0.05, 0.1) is 0 Å². The minimum absolute atomic E-state index is 0.309. The maximum Gasteiger partial charge on any atom is 0.170 e. The Morgan fingerprint density at radius 1 is 1.38 bits per heavy atom. The minimum atomic E-state index is 0.309. The fourth-order valence-electron chi connectivity index (χ4n) is 1.28. The lowest BCUT2D eigenvalue weighted by molar-refractivity contribution is 0.187. The molecule has 88 valence electrons. The molecule has 1 unspecified atom stereocenters. The summed E-state index contributed by atoms with van der Waals surface area (Å²) in [6.07, 6.45) is 0.938. The Kier molecular flexibility index (Phi) is 5.82. The number of hydrogen-bond donors (Lipinski definition) is 2. The molecule has 3 nitrogen and oxygen atoms in total. The van der Waals surface area contributed by atoms with Gasteiger partial charge in [0.2, 0.25) is 0 Å². The van der Waals surface area contributed by atoms with E-state index < -0.39 is 0 Å². The molecule has 0 aromatic heterocycles. The van der Waals surface area contributed by atoms with Gasteiger partial charge in [-0.3, -0.25) is 0 Å². The molecular weight excluding hydrogens is 220 g/mol. The van der Waals surface area contributed by atoms with Crippen LogP contribution in [-0.4, -0.2) is 24.9 Å². The van der Waals surface area contributed by atoms with Crippen molar-refractivity contribution in [2.75, 3.05) is 19.0 Å². The number of rotatable bonds is 5. The highest BCUT2D eigenvalue weighted by molar-refractivity contribution is 7.80. The molecule has 0 bridgehead atoms. The van der Waals surface area contributed by atoms with E-state index in [-0.39, 0.29) is 0 Å². The van der Waals surface area contributed by atoms with Crippen LogP contribution in [0.25, 0.3) is 0 Å². The fraction of sp³-hybridized carbons (Fsp3) is 0.417. The van der Waals surface area contributed by atoms with Crippen LogP contribution in [0.1, 0.15) is 13.3 Å². The maximum atomic E-state index is 5.20. The number of nitrogens with one attached hydrogen (secondary N) is 2. The molecule has 0 heterocycles. The second kappa shape index (κ2) is 7.19. The lowest BCUT2D eigenvalue weighted by atomic mass is 10.2. The number of ether oxygens (including phenoxy) is 1. The van der Waals surface area contributed by atoms with Gasteiger partial charge in [0.1, 0.15) is 0 Å². The molecule has 0 aliphatic carbocycles. The number of anilines is 1. The molecular formula is C12H18N2OS.